The van der Waals surface area contributed by atoms with Gasteiger partial charge in [0.25, 0.3) is 5.56 Å². The Hall–Kier alpha value is -2.58. The van der Waals surface area contributed by atoms with Crippen molar-refractivity contribution < 1.29 is 4.39 Å². The summed E-state index contributed by atoms with van der Waals surface area (Å²) in [7, 11) is 0. The second-order valence-electron chi connectivity index (χ2n) is 5.97. The number of fused-ring (bicyclic) bond motifs is 1. The fraction of sp³-hybridized carbons (Fsp3) is 0.235. The molecule has 1 aromatic carbocycles. The first kappa shape index (κ1) is 15.9. The molecule has 25 heavy (non-hydrogen) atoms. The van der Waals surface area contributed by atoms with Crippen LogP contribution < -0.4 is 11.3 Å². The van der Waals surface area contributed by atoms with Gasteiger partial charge in [-0.25, -0.2) is 14.4 Å². The number of nitrogens with zero attached hydrogens (tertiary/aromatic N) is 3. The quantitative estimate of drug-likeness (QED) is 0.750. The number of nitrogens with two attached hydrogens (primary N) is 1. The lowest BCUT2D eigenvalue weighted by Gasteiger charge is -2.26. The van der Waals surface area contributed by atoms with Gasteiger partial charge in [0.2, 0.25) is 5.95 Å². The Labute approximate surface area is 147 Å². The molecule has 128 valence electrons. The molecule has 1 aliphatic rings. The summed E-state index contributed by atoms with van der Waals surface area (Å²) in [4.78, 5) is 25.6. The van der Waals surface area contributed by atoms with Crippen LogP contribution >= 0.6 is 11.3 Å². The van der Waals surface area contributed by atoms with Crippen LogP contribution in [-0.2, 0) is 19.5 Å². The average Bonchev–Trinajstić information content (AvgIpc) is 3.04. The Bertz CT molecular complexity index is 966. The van der Waals surface area contributed by atoms with Gasteiger partial charge in [-0.1, -0.05) is 0 Å². The molecule has 4 rings (SSSR count). The number of aromatic nitrogens is 3. The number of nitrogen functional groups attached to an aromatic ring is 1. The fourth-order valence-electron chi connectivity index (χ4n) is 2.96. The highest BCUT2D eigenvalue weighted by molar-refractivity contribution is 7.09. The highest BCUT2D eigenvalue weighted by Gasteiger charge is 2.21. The molecule has 0 aliphatic carbocycles. The summed E-state index contributed by atoms with van der Waals surface area (Å²) in [6.07, 6.45) is 0.694. The molecular formula is C17H16FN5OS. The largest absolute Gasteiger partial charge is 0.369 e. The van der Waals surface area contributed by atoms with Crippen LogP contribution in [0.3, 0.4) is 0 Å². The van der Waals surface area contributed by atoms with E-state index in [1.807, 2.05) is 5.38 Å². The molecule has 0 radical (unpaired) electrons. The Morgan fingerprint density at radius 2 is 2.08 bits per heavy atom. The van der Waals surface area contributed by atoms with Crippen molar-refractivity contribution >= 4 is 17.3 Å². The van der Waals surface area contributed by atoms with Crippen LogP contribution in [0, 0.1) is 5.82 Å². The van der Waals surface area contributed by atoms with Crippen molar-refractivity contribution in [2.24, 2.45) is 0 Å². The second kappa shape index (κ2) is 6.38. The van der Waals surface area contributed by atoms with E-state index in [2.05, 4.69) is 19.9 Å². The van der Waals surface area contributed by atoms with Crippen molar-refractivity contribution in [2.45, 2.75) is 19.5 Å². The maximum atomic E-state index is 13.0. The van der Waals surface area contributed by atoms with Crippen molar-refractivity contribution in [3.63, 3.8) is 0 Å². The van der Waals surface area contributed by atoms with Crippen LogP contribution in [0.25, 0.3) is 11.3 Å². The maximum Gasteiger partial charge on any atom is 0.257 e. The van der Waals surface area contributed by atoms with Crippen LogP contribution in [0.15, 0.2) is 34.4 Å². The molecule has 1 aliphatic heterocycles. The summed E-state index contributed by atoms with van der Waals surface area (Å²) in [5.41, 5.74) is 8.62. The molecule has 0 fully saturated rings. The lowest BCUT2D eigenvalue weighted by Crippen LogP contribution is -2.35. The molecule has 0 unspecified atom stereocenters. The summed E-state index contributed by atoms with van der Waals surface area (Å²) in [6, 6.07) is 6.31. The number of H-pyrrole nitrogens is 1. The summed E-state index contributed by atoms with van der Waals surface area (Å²) < 4.78 is 13.0. The number of thiazole rings is 1. The Kier molecular flexibility index (Phi) is 4.06. The summed E-state index contributed by atoms with van der Waals surface area (Å²) in [5.74, 6) is -0.0910. The lowest BCUT2D eigenvalue weighted by atomic mass is 10.1. The first-order valence-corrected chi connectivity index (χ1v) is 8.77. The number of benzene rings is 1. The zero-order chi connectivity index (χ0) is 17.4. The Morgan fingerprint density at radius 1 is 1.28 bits per heavy atom. The van der Waals surface area contributed by atoms with E-state index in [9.17, 15) is 9.18 Å². The van der Waals surface area contributed by atoms with E-state index in [0.717, 1.165) is 28.5 Å². The van der Waals surface area contributed by atoms with E-state index in [-0.39, 0.29) is 17.3 Å². The average molecular weight is 357 g/mol. The summed E-state index contributed by atoms with van der Waals surface area (Å²) in [6.45, 7) is 1.99. The predicted molar refractivity (Wildman–Crippen MR) is 94.6 cm³/mol. The number of aromatic amines is 1. The number of nitrogens with one attached hydrogen (secondary N) is 1. The van der Waals surface area contributed by atoms with Crippen molar-refractivity contribution in [3.05, 3.63) is 62.1 Å². The molecule has 3 aromatic rings. The van der Waals surface area contributed by atoms with E-state index < -0.39 is 0 Å². The normalized spacial score (nSPS) is 14.4. The van der Waals surface area contributed by atoms with Gasteiger partial charge in [0.15, 0.2) is 0 Å². The minimum atomic E-state index is -0.259. The van der Waals surface area contributed by atoms with Gasteiger partial charge in [-0.3, -0.25) is 14.7 Å². The zero-order valence-electron chi connectivity index (χ0n) is 13.3. The second-order valence-corrected chi connectivity index (χ2v) is 6.91. The molecule has 0 spiro atoms. The first-order valence-electron chi connectivity index (χ1n) is 7.89. The van der Waals surface area contributed by atoms with Crippen molar-refractivity contribution in [1.29, 1.82) is 0 Å². The highest BCUT2D eigenvalue weighted by atomic mass is 32.1. The van der Waals surface area contributed by atoms with E-state index in [0.29, 0.717) is 25.1 Å². The van der Waals surface area contributed by atoms with Crippen LogP contribution in [0.4, 0.5) is 10.3 Å². The number of halogens is 1. The molecular weight excluding hydrogens is 341 g/mol. The fourth-order valence-corrected chi connectivity index (χ4v) is 3.81. The van der Waals surface area contributed by atoms with Crippen molar-refractivity contribution in [2.75, 3.05) is 12.3 Å². The SMILES string of the molecule is Nc1nc2c(c(=O)[nH]1)CN(Cc1nc(-c3ccc(F)cc3)cs1)CC2. The number of hydrogen-bond acceptors (Lipinski definition) is 6. The lowest BCUT2D eigenvalue weighted by molar-refractivity contribution is 0.241. The van der Waals surface area contributed by atoms with Crippen LogP contribution in [0.2, 0.25) is 0 Å². The van der Waals surface area contributed by atoms with Gasteiger partial charge < -0.3 is 5.73 Å². The molecule has 0 amide bonds. The van der Waals surface area contributed by atoms with Crippen molar-refractivity contribution in [1.82, 2.24) is 19.9 Å². The summed E-state index contributed by atoms with van der Waals surface area (Å²) >= 11 is 1.56. The number of hydrogen-bond donors (Lipinski definition) is 2. The van der Waals surface area contributed by atoms with Crippen LogP contribution in [-0.4, -0.2) is 26.4 Å². The Morgan fingerprint density at radius 3 is 2.88 bits per heavy atom. The molecule has 0 atom stereocenters. The minimum Gasteiger partial charge on any atom is -0.369 e. The van der Waals surface area contributed by atoms with E-state index >= 15 is 0 Å². The van der Waals surface area contributed by atoms with Gasteiger partial charge in [0.05, 0.1) is 23.5 Å². The molecule has 0 saturated heterocycles. The van der Waals surface area contributed by atoms with Gasteiger partial charge in [-0.15, -0.1) is 11.3 Å². The smallest absolute Gasteiger partial charge is 0.257 e. The maximum absolute atomic E-state index is 13.0. The molecule has 2 aromatic heterocycles. The predicted octanol–water partition coefficient (Wildman–Crippen LogP) is 2.17. The minimum absolute atomic E-state index is 0.168. The standard InChI is InChI=1S/C17H16FN5OS/c18-11-3-1-10(2-4-11)14-9-25-15(20-14)8-23-6-5-13-12(7-23)16(24)22-17(19)21-13/h1-4,9H,5-8H2,(H3,19,21,22,24). The third-order valence-corrected chi connectivity index (χ3v) is 5.05. The summed E-state index contributed by atoms with van der Waals surface area (Å²) in [5, 5.41) is 2.93. The van der Waals surface area contributed by atoms with E-state index in [4.69, 9.17) is 5.73 Å². The van der Waals surface area contributed by atoms with Gasteiger partial charge >= 0.3 is 0 Å². The van der Waals surface area contributed by atoms with Gasteiger partial charge in [0.1, 0.15) is 10.8 Å². The Balaban J connectivity index is 1.50. The molecule has 6 nitrogen and oxygen atoms in total. The van der Waals surface area contributed by atoms with E-state index in [1.165, 1.54) is 12.1 Å². The highest BCUT2D eigenvalue weighted by Crippen LogP contribution is 2.24. The van der Waals surface area contributed by atoms with Crippen molar-refractivity contribution in [3.8, 4) is 11.3 Å². The third kappa shape index (κ3) is 3.31. The monoisotopic (exact) mass is 357 g/mol. The van der Waals surface area contributed by atoms with Crippen LogP contribution in [0.5, 0.6) is 0 Å². The van der Waals surface area contributed by atoms with Gasteiger partial charge in [-0.2, -0.15) is 0 Å². The number of anilines is 1. The van der Waals surface area contributed by atoms with Crippen LogP contribution in [0.1, 0.15) is 16.3 Å². The molecule has 3 N–H and O–H groups in total. The molecule has 3 heterocycles. The third-order valence-electron chi connectivity index (χ3n) is 4.22. The zero-order valence-corrected chi connectivity index (χ0v) is 14.1. The molecule has 0 saturated carbocycles. The molecule has 8 heteroatoms. The first-order chi connectivity index (χ1) is 12.1. The topological polar surface area (TPSA) is 87.9 Å². The number of rotatable bonds is 3. The molecule has 0 bridgehead atoms. The van der Waals surface area contributed by atoms with Gasteiger partial charge in [-0.05, 0) is 24.3 Å². The van der Waals surface area contributed by atoms with E-state index in [1.54, 1.807) is 23.5 Å². The van der Waals surface area contributed by atoms with Gasteiger partial charge in [0, 0.05) is 30.5 Å².